The van der Waals surface area contributed by atoms with E-state index in [2.05, 4.69) is 14.4 Å². The molecule has 0 heterocycles. The lowest BCUT2D eigenvalue weighted by atomic mass is 10.2. The van der Waals surface area contributed by atoms with Crippen molar-refractivity contribution in [2.24, 2.45) is 9.51 Å². The molecule has 0 aliphatic heterocycles. The first-order valence-corrected chi connectivity index (χ1v) is 8.06. The molecule has 2 aromatic carbocycles. The summed E-state index contributed by atoms with van der Waals surface area (Å²) in [6, 6.07) is 12.4. The summed E-state index contributed by atoms with van der Waals surface area (Å²) < 4.78 is 33.2. The van der Waals surface area contributed by atoms with Crippen LogP contribution in [0, 0.1) is 13.8 Å². The Kier molecular flexibility index (Phi) is 5.00. The predicted octanol–water partition coefficient (Wildman–Crippen LogP) is 3.74. The molecule has 0 N–H and O–H groups in total. The van der Waals surface area contributed by atoms with Crippen LogP contribution in [-0.4, -0.2) is 14.4 Å². The van der Waals surface area contributed by atoms with Crippen molar-refractivity contribution in [3.63, 3.8) is 0 Å². The van der Waals surface area contributed by atoms with Crippen LogP contribution in [0.1, 0.15) is 11.1 Å². The lowest BCUT2D eigenvalue weighted by Crippen LogP contribution is -2.09. The third-order valence-electron chi connectivity index (χ3n) is 2.85. The molecule has 0 aliphatic rings. The number of aryl methyl sites for hydroxylation is 2. The van der Waals surface area contributed by atoms with E-state index >= 15 is 0 Å². The molecule has 0 radical (unpaired) electrons. The van der Waals surface area contributed by atoms with Gasteiger partial charge < -0.3 is 4.74 Å². The molecule has 0 aliphatic carbocycles. The maximum Gasteiger partial charge on any atom is 0.295 e. The Bertz CT molecular complexity index is 883. The lowest BCUT2D eigenvalue weighted by Gasteiger charge is -2.05. The summed E-state index contributed by atoms with van der Waals surface area (Å²) in [4.78, 5) is 2.54. The van der Waals surface area contributed by atoms with E-state index in [0.717, 1.165) is 11.1 Å². The third-order valence-corrected chi connectivity index (χ3v) is 4.11. The van der Waals surface area contributed by atoms with Crippen LogP contribution in [0.3, 0.4) is 0 Å². The van der Waals surface area contributed by atoms with E-state index in [9.17, 15) is 8.42 Å². The van der Waals surface area contributed by atoms with Gasteiger partial charge in [-0.25, -0.2) is 0 Å². The number of hydrogen-bond acceptors (Lipinski definition) is 3. The van der Waals surface area contributed by atoms with Crippen molar-refractivity contribution in [1.82, 2.24) is 0 Å². The van der Waals surface area contributed by atoms with Crippen molar-refractivity contribution < 1.29 is 13.2 Å². The standard InChI is InChI=1S/C15H14N4O3S/c1-11-6-8-14(9-7-11)23(20,21)18-15(17-19-16)22-13-5-3-4-12(2)10-13/h3-10H,1-2H3/b18-15+. The Morgan fingerprint density at radius 1 is 1.09 bits per heavy atom. The highest BCUT2D eigenvalue weighted by atomic mass is 32.2. The first-order chi connectivity index (χ1) is 10.9. The second-order valence-corrected chi connectivity index (χ2v) is 6.37. The fraction of sp³-hybridized carbons (Fsp3) is 0.133. The van der Waals surface area contributed by atoms with Crippen molar-refractivity contribution in [2.45, 2.75) is 18.7 Å². The number of azide groups is 1. The molecule has 8 heteroatoms. The summed E-state index contributed by atoms with van der Waals surface area (Å²) >= 11 is 0. The minimum Gasteiger partial charge on any atom is -0.437 e. The van der Waals surface area contributed by atoms with E-state index in [-0.39, 0.29) is 4.90 Å². The molecule has 0 atom stereocenters. The van der Waals surface area contributed by atoms with Gasteiger partial charge in [0.1, 0.15) is 5.75 Å². The zero-order valence-electron chi connectivity index (χ0n) is 12.5. The van der Waals surface area contributed by atoms with Crippen LogP contribution >= 0.6 is 0 Å². The van der Waals surface area contributed by atoms with Gasteiger partial charge in [-0.05, 0) is 54.3 Å². The molecule has 0 unspecified atom stereocenters. The van der Waals surface area contributed by atoms with E-state index in [4.69, 9.17) is 10.3 Å². The molecule has 0 bridgehead atoms. The SMILES string of the molecule is Cc1ccc(S(=O)(=O)/N=C(\N=[N+]=[N-])Oc2cccc(C)c2)cc1. The molecule has 0 amide bonds. The Morgan fingerprint density at radius 2 is 1.78 bits per heavy atom. The Morgan fingerprint density at radius 3 is 2.39 bits per heavy atom. The minimum absolute atomic E-state index is 0.0124. The first kappa shape index (κ1) is 16.5. The third kappa shape index (κ3) is 4.57. The highest BCUT2D eigenvalue weighted by Gasteiger charge is 2.15. The molecule has 118 valence electrons. The van der Waals surface area contributed by atoms with E-state index in [0.29, 0.717) is 5.75 Å². The molecule has 2 aromatic rings. The van der Waals surface area contributed by atoms with Gasteiger partial charge in [0.05, 0.1) is 4.90 Å². The van der Waals surface area contributed by atoms with E-state index in [1.165, 1.54) is 12.1 Å². The molecule has 0 aromatic heterocycles. The second-order valence-electron chi connectivity index (χ2n) is 4.77. The number of hydrogen-bond donors (Lipinski definition) is 0. The van der Waals surface area contributed by atoms with Gasteiger partial charge in [-0.1, -0.05) is 29.8 Å². The fourth-order valence-electron chi connectivity index (χ4n) is 1.75. The summed E-state index contributed by atoms with van der Waals surface area (Å²) in [7, 11) is -4.03. The number of amidine groups is 1. The molecule has 0 saturated heterocycles. The summed E-state index contributed by atoms with van der Waals surface area (Å²) in [5.41, 5.74) is 10.4. The maximum absolute atomic E-state index is 12.2. The number of rotatable bonds is 3. The molecule has 0 fully saturated rings. The summed E-state index contributed by atoms with van der Waals surface area (Å²) in [5, 5.41) is 3.21. The monoisotopic (exact) mass is 330 g/mol. The van der Waals surface area contributed by atoms with E-state index in [1.807, 2.05) is 19.9 Å². The van der Waals surface area contributed by atoms with Crippen molar-refractivity contribution in [1.29, 1.82) is 0 Å². The second kappa shape index (κ2) is 6.95. The molecule has 0 saturated carbocycles. The highest BCUT2D eigenvalue weighted by molar-refractivity contribution is 7.90. The normalized spacial score (nSPS) is 11.7. The Labute approximate surface area is 133 Å². The summed E-state index contributed by atoms with van der Waals surface area (Å²) in [5.74, 6) is 0.329. The molecular formula is C15H14N4O3S. The van der Waals surface area contributed by atoms with Crippen LogP contribution in [0.15, 0.2) is 62.9 Å². The van der Waals surface area contributed by atoms with Gasteiger partial charge in [-0.3, -0.25) is 0 Å². The van der Waals surface area contributed by atoms with Gasteiger partial charge in [0, 0.05) is 4.91 Å². The largest absolute Gasteiger partial charge is 0.437 e. The maximum atomic E-state index is 12.2. The quantitative estimate of drug-likeness (QED) is 0.281. The number of nitrogens with zero attached hydrogens (tertiary/aromatic N) is 4. The zero-order chi connectivity index (χ0) is 16.9. The van der Waals surface area contributed by atoms with Gasteiger partial charge in [0.15, 0.2) is 0 Å². The molecule has 0 spiro atoms. The highest BCUT2D eigenvalue weighted by Crippen LogP contribution is 2.16. The summed E-state index contributed by atoms with van der Waals surface area (Å²) in [6.45, 7) is 3.69. The molecular weight excluding hydrogens is 316 g/mol. The smallest absolute Gasteiger partial charge is 0.295 e. The first-order valence-electron chi connectivity index (χ1n) is 6.62. The average Bonchev–Trinajstić information content (AvgIpc) is 2.47. The van der Waals surface area contributed by atoms with Crippen molar-refractivity contribution in [3.8, 4) is 5.75 Å². The number of ether oxygens (including phenoxy) is 1. The van der Waals surface area contributed by atoms with Crippen molar-refractivity contribution in [2.75, 3.05) is 0 Å². The van der Waals surface area contributed by atoms with Gasteiger partial charge in [-0.15, -0.1) is 4.40 Å². The van der Waals surface area contributed by atoms with Crippen LogP contribution < -0.4 is 4.74 Å². The van der Waals surface area contributed by atoms with Crippen LogP contribution in [0.4, 0.5) is 0 Å². The van der Waals surface area contributed by atoms with Gasteiger partial charge >= 0.3 is 0 Å². The van der Waals surface area contributed by atoms with Crippen LogP contribution in [0.25, 0.3) is 10.4 Å². The van der Waals surface area contributed by atoms with E-state index < -0.39 is 16.0 Å². The van der Waals surface area contributed by atoms with Crippen LogP contribution in [0.2, 0.25) is 0 Å². The predicted molar refractivity (Wildman–Crippen MR) is 86.8 cm³/mol. The molecule has 7 nitrogen and oxygen atoms in total. The van der Waals surface area contributed by atoms with Crippen molar-refractivity contribution in [3.05, 3.63) is 70.1 Å². The lowest BCUT2D eigenvalue weighted by molar-refractivity contribution is 0.540. The number of sulfonamides is 1. The Hall–Kier alpha value is -2.83. The minimum atomic E-state index is -4.03. The topological polar surface area (TPSA) is 104 Å². The van der Waals surface area contributed by atoms with E-state index in [1.54, 1.807) is 30.3 Å². The molecule has 2 rings (SSSR count). The zero-order valence-corrected chi connectivity index (χ0v) is 13.4. The summed E-state index contributed by atoms with van der Waals surface area (Å²) in [6.07, 6.45) is 0. The van der Waals surface area contributed by atoms with Crippen LogP contribution in [0.5, 0.6) is 5.75 Å². The fourth-order valence-corrected chi connectivity index (χ4v) is 2.61. The van der Waals surface area contributed by atoms with Gasteiger partial charge in [-0.2, -0.15) is 8.42 Å². The van der Waals surface area contributed by atoms with Gasteiger partial charge in [0.25, 0.3) is 16.0 Å². The Balaban J connectivity index is 2.37. The average molecular weight is 330 g/mol. The molecule has 23 heavy (non-hydrogen) atoms. The van der Waals surface area contributed by atoms with Gasteiger partial charge in [0.2, 0.25) is 0 Å². The number of benzene rings is 2. The van der Waals surface area contributed by atoms with Crippen molar-refractivity contribution >= 4 is 16.0 Å². The van der Waals surface area contributed by atoms with Crippen LogP contribution in [-0.2, 0) is 10.0 Å².